The fourth-order valence-electron chi connectivity index (χ4n) is 4.23. The minimum Gasteiger partial charge on any atom is -0.352 e. The van der Waals surface area contributed by atoms with Crippen LogP contribution in [0.5, 0.6) is 0 Å². The number of nitrogens with one attached hydrogen (secondary N) is 2. The molecule has 0 radical (unpaired) electrons. The van der Waals surface area contributed by atoms with E-state index < -0.39 is 0 Å². The van der Waals surface area contributed by atoms with Crippen molar-refractivity contribution >= 4 is 11.8 Å². The number of rotatable bonds is 7. The van der Waals surface area contributed by atoms with Gasteiger partial charge in [0.1, 0.15) is 0 Å². The summed E-state index contributed by atoms with van der Waals surface area (Å²) < 4.78 is 0. The molecule has 0 spiro atoms. The molecule has 30 heavy (non-hydrogen) atoms. The Bertz CT molecular complexity index is 836. The molecule has 2 N–H and O–H groups in total. The molecule has 1 heterocycles. The van der Waals surface area contributed by atoms with Gasteiger partial charge in [0.05, 0.1) is 0 Å². The van der Waals surface area contributed by atoms with E-state index >= 15 is 0 Å². The number of hydrogen-bond donors (Lipinski definition) is 2. The third-order valence-electron chi connectivity index (χ3n) is 5.58. The van der Waals surface area contributed by atoms with Gasteiger partial charge in [0.2, 0.25) is 5.91 Å². The molecule has 0 saturated carbocycles. The second kappa shape index (κ2) is 10.4. The van der Waals surface area contributed by atoms with Gasteiger partial charge < -0.3 is 10.6 Å². The van der Waals surface area contributed by atoms with Crippen molar-refractivity contribution in [1.82, 2.24) is 15.5 Å². The fourth-order valence-corrected chi connectivity index (χ4v) is 4.23. The maximum atomic E-state index is 12.4. The molecule has 0 aromatic heterocycles. The van der Waals surface area contributed by atoms with Gasteiger partial charge in [-0.1, -0.05) is 50.2 Å². The quantitative estimate of drug-likeness (QED) is 0.735. The molecule has 1 aliphatic rings. The van der Waals surface area contributed by atoms with Crippen LogP contribution in [0.1, 0.15) is 54.2 Å². The zero-order chi connectivity index (χ0) is 21.5. The van der Waals surface area contributed by atoms with Crippen LogP contribution in [0.3, 0.4) is 0 Å². The first kappa shape index (κ1) is 22.0. The van der Waals surface area contributed by atoms with Gasteiger partial charge in [-0.15, -0.1) is 0 Å². The number of carbonyl (C=O) groups is 2. The van der Waals surface area contributed by atoms with E-state index in [1.807, 2.05) is 12.1 Å². The molecule has 5 nitrogen and oxygen atoms in total. The highest BCUT2D eigenvalue weighted by Gasteiger charge is 2.21. The summed E-state index contributed by atoms with van der Waals surface area (Å²) in [7, 11) is 0. The van der Waals surface area contributed by atoms with Crippen molar-refractivity contribution in [1.29, 1.82) is 0 Å². The Kier molecular flexibility index (Phi) is 7.63. The minimum absolute atomic E-state index is 0.0668. The summed E-state index contributed by atoms with van der Waals surface area (Å²) in [6.07, 6.45) is 1.33. The lowest BCUT2D eigenvalue weighted by molar-refractivity contribution is -0.119. The summed E-state index contributed by atoms with van der Waals surface area (Å²) in [6.45, 7) is 10.5. The molecule has 1 fully saturated rings. The van der Waals surface area contributed by atoms with E-state index in [2.05, 4.69) is 53.6 Å². The first-order valence-corrected chi connectivity index (χ1v) is 10.8. The topological polar surface area (TPSA) is 61.4 Å². The number of likely N-dealkylation sites (tertiary alicyclic amines) is 1. The highest BCUT2D eigenvalue weighted by molar-refractivity contribution is 5.94. The smallest absolute Gasteiger partial charge is 0.251 e. The van der Waals surface area contributed by atoms with Gasteiger partial charge in [0.15, 0.2) is 0 Å². The number of hydrogen-bond acceptors (Lipinski definition) is 3. The average Bonchev–Trinajstić information content (AvgIpc) is 2.71. The standard InChI is InChI=1S/C25H33N3O2/c1-18-12-19(2)16-28(15-18)17-23-6-4-21(5-7-23)14-27-25(30)24-10-8-22(9-11-24)13-26-20(3)29/h4-11,18-19H,12-17H2,1-3H3,(H,26,29)(H,27,30)/t18-,19-/m1/s1. The Hall–Kier alpha value is -2.66. The lowest BCUT2D eigenvalue weighted by Gasteiger charge is -2.35. The van der Waals surface area contributed by atoms with E-state index in [4.69, 9.17) is 0 Å². The number of piperidine rings is 1. The van der Waals surface area contributed by atoms with Crippen molar-refractivity contribution in [2.45, 2.75) is 46.8 Å². The van der Waals surface area contributed by atoms with E-state index in [0.29, 0.717) is 18.7 Å². The van der Waals surface area contributed by atoms with E-state index in [0.717, 1.165) is 29.5 Å². The van der Waals surface area contributed by atoms with Gasteiger partial charge in [0.25, 0.3) is 5.91 Å². The Morgan fingerprint density at radius 3 is 1.90 bits per heavy atom. The first-order chi connectivity index (χ1) is 14.4. The van der Waals surface area contributed by atoms with Crippen molar-refractivity contribution in [2.24, 2.45) is 11.8 Å². The fraction of sp³-hybridized carbons (Fsp3) is 0.440. The molecule has 0 aliphatic carbocycles. The third kappa shape index (κ3) is 6.70. The normalized spacial score (nSPS) is 19.3. The molecule has 1 aliphatic heterocycles. The lowest BCUT2D eigenvalue weighted by Crippen LogP contribution is -2.38. The van der Waals surface area contributed by atoms with Crippen molar-refractivity contribution in [2.75, 3.05) is 13.1 Å². The Labute approximate surface area is 179 Å². The molecule has 1 saturated heterocycles. The van der Waals surface area contributed by atoms with Crippen molar-refractivity contribution in [3.8, 4) is 0 Å². The molecule has 3 rings (SSSR count). The SMILES string of the molecule is CC(=O)NCc1ccc(C(=O)NCc2ccc(CN3C[C@H](C)C[C@@H](C)C3)cc2)cc1. The van der Waals surface area contributed by atoms with Gasteiger partial charge >= 0.3 is 0 Å². The highest BCUT2D eigenvalue weighted by atomic mass is 16.2. The number of carbonyl (C=O) groups excluding carboxylic acids is 2. The maximum absolute atomic E-state index is 12.4. The van der Waals surface area contributed by atoms with Crippen LogP contribution in [0, 0.1) is 11.8 Å². The first-order valence-electron chi connectivity index (χ1n) is 10.8. The molecule has 2 atom stereocenters. The van der Waals surface area contributed by atoms with Crippen LogP contribution in [0.4, 0.5) is 0 Å². The Balaban J connectivity index is 1.47. The van der Waals surface area contributed by atoms with Crippen LogP contribution >= 0.6 is 0 Å². The monoisotopic (exact) mass is 407 g/mol. The molecule has 2 aromatic carbocycles. The summed E-state index contributed by atoms with van der Waals surface area (Å²) in [5.74, 6) is 1.37. The molecular formula is C25H33N3O2. The number of amides is 2. The van der Waals surface area contributed by atoms with Gasteiger partial charge in [-0.25, -0.2) is 0 Å². The third-order valence-corrected chi connectivity index (χ3v) is 5.58. The largest absolute Gasteiger partial charge is 0.352 e. The average molecular weight is 408 g/mol. The zero-order valence-corrected chi connectivity index (χ0v) is 18.3. The van der Waals surface area contributed by atoms with E-state index in [9.17, 15) is 9.59 Å². The van der Waals surface area contributed by atoms with Crippen molar-refractivity contribution in [3.05, 3.63) is 70.8 Å². The zero-order valence-electron chi connectivity index (χ0n) is 18.3. The Morgan fingerprint density at radius 1 is 0.833 bits per heavy atom. The number of benzene rings is 2. The van der Waals surface area contributed by atoms with Crippen LogP contribution in [0.2, 0.25) is 0 Å². The molecular weight excluding hydrogens is 374 g/mol. The van der Waals surface area contributed by atoms with Crippen LogP contribution in [-0.4, -0.2) is 29.8 Å². The predicted molar refractivity (Wildman–Crippen MR) is 120 cm³/mol. The summed E-state index contributed by atoms with van der Waals surface area (Å²) in [6, 6.07) is 15.8. The van der Waals surface area contributed by atoms with E-state index in [1.54, 1.807) is 12.1 Å². The van der Waals surface area contributed by atoms with E-state index in [-0.39, 0.29) is 11.8 Å². The maximum Gasteiger partial charge on any atom is 0.251 e. The Morgan fingerprint density at radius 2 is 1.33 bits per heavy atom. The molecule has 2 aromatic rings. The molecule has 0 bridgehead atoms. The van der Waals surface area contributed by atoms with Crippen LogP contribution in [0.15, 0.2) is 48.5 Å². The molecule has 160 valence electrons. The summed E-state index contributed by atoms with van der Waals surface area (Å²) in [5.41, 5.74) is 4.00. The second-order valence-electron chi connectivity index (χ2n) is 8.75. The minimum atomic E-state index is -0.0959. The van der Waals surface area contributed by atoms with Crippen molar-refractivity contribution < 1.29 is 9.59 Å². The van der Waals surface area contributed by atoms with Crippen LogP contribution in [-0.2, 0) is 24.4 Å². The lowest BCUT2D eigenvalue weighted by atomic mass is 9.91. The highest BCUT2D eigenvalue weighted by Crippen LogP contribution is 2.22. The van der Waals surface area contributed by atoms with Gasteiger partial charge in [0, 0.05) is 45.2 Å². The van der Waals surface area contributed by atoms with E-state index in [1.165, 1.54) is 32.0 Å². The predicted octanol–water partition coefficient (Wildman–Crippen LogP) is 3.73. The summed E-state index contributed by atoms with van der Waals surface area (Å²) in [5, 5.41) is 5.73. The van der Waals surface area contributed by atoms with Gasteiger partial charge in [-0.05, 0) is 47.1 Å². The summed E-state index contributed by atoms with van der Waals surface area (Å²) in [4.78, 5) is 25.9. The molecule has 0 unspecified atom stereocenters. The van der Waals surface area contributed by atoms with Gasteiger partial charge in [-0.3, -0.25) is 14.5 Å². The van der Waals surface area contributed by atoms with Crippen LogP contribution in [0.25, 0.3) is 0 Å². The van der Waals surface area contributed by atoms with Crippen molar-refractivity contribution in [3.63, 3.8) is 0 Å². The second-order valence-corrected chi connectivity index (χ2v) is 8.75. The van der Waals surface area contributed by atoms with Gasteiger partial charge in [-0.2, -0.15) is 0 Å². The molecule has 5 heteroatoms. The number of nitrogens with zero attached hydrogens (tertiary/aromatic N) is 1. The van der Waals surface area contributed by atoms with Crippen LogP contribution < -0.4 is 10.6 Å². The summed E-state index contributed by atoms with van der Waals surface area (Å²) >= 11 is 0. The molecule has 2 amide bonds.